The molecule has 106 heavy (non-hydrogen) atoms. The molecule has 0 amide bonds. The number of aromatic nitrogens is 3. The number of para-hydroxylation sites is 5. The summed E-state index contributed by atoms with van der Waals surface area (Å²) >= 11 is 0. The van der Waals surface area contributed by atoms with Crippen molar-refractivity contribution in [2.75, 3.05) is 9.80 Å². The van der Waals surface area contributed by atoms with Gasteiger partial charge < -0.3 is 23.5 Å². The molecule has 0 bridgehead atoms. The third-order valence-corrected chi connectivity index (χ3v) is 22.1. The van der Waals surface area contributed by atoms with E-state index < -0.39 is 84.0 Å². The lowest BCUT2D eigenvalue weighted by atomic mass is 9.33. The minimum absolute atomic E-state index is 0.0278. The Morgan fingerprint density at radius 3 is 1.33 bits per heavy atom. The van der Waals surface area contributed by atoms with Gasteiger partial charge >= 0.3 is 0 Å². The first-order valence-electron chi connectivity index (χ1n) is 43.2. The Morgan fingerprint density at radius 2 is 0.774 bits per heavy atom. The third kappa shape index (κ3) is 10.2. The maximum Gasteiger partial charge on any atom is 0.252 e. The van der Waals surface area contributed by atoms with E-state index in [0.29, 0.717) is 16.9 Å². The van der Waals surface area contributed by atoms with E-state index in [1.807, 2.05) is 78.9 Å². The molecule has 5 heterocycles. The van der Waals surface area contributed by atoms with Crippen molar-refractivity contribution in [1.29, 1.82) is 0 Å². The van der Waals surface area contributed by atoms with Gasteiger partial charge in [0.1, 0.15) is 0 Å². The maximum absolute atomic E-state index is 9.86. The zero-order valence-corrected chi connectivity index (χ0v) is 61.7. The van der Waals surface area contributed by atoms with Crippen LogP contribution < -0.4 is 26.2 Å². The highest BCUT2D eigenvalue weighted by atomic mass is 15.2. The standard InChI is InChI=1S/C100H86BN5/c1-97(2,3)67-48-53-85-79(56-67)80-57-68(98(4,5)6)49-54-86(80)104(85)88-45-29-41-75-76-42-30-46-89(96(76)103(95(75)88)71-37-23-16-24-38-71)105-87-52-47-66(63-31-17-13-18-32-63)55-82(87)101-81-51-50-72(102-83-43-27-25-39-73(83)74-40-26-28-44-84(74)102)62-90(81)106(92-61-70(100(10,11)12)60-91(105)93(92)101)94-77(64-33-19-14-20-34-64)58-69(99(7,8)9)59-78(94)65-35-21-15-22-36-65/h13-62H,1-12H3/i13D,17D,18D,25D,26D,27D,28D,31D,32D,39D,40D,43D,44D. The summed E-state index contributed by atoms with van der Waals surface area (Å²) in [7, 11) is 0. The minimum atomic E-state index is -0.758. The van der Waals surface area contributed by atoms with Gasteiger partial charge in [-0.2, -0.15) is 0 Å². The number of anilines is 6. The lowest BCUT2D eigenvalue weighted by Gasteiger charge is -2.46. The molecule has 0 aliphatic carbocycles. The molecular formula is C100H86BN5. The summed E-state index contributed by atoms with van der Waals surface area (Å²) in [6.45, 7) is 26.1. The van der Waals surface area contributed by atoms with Gasteiger partial charge in [-0.25, -0.2) is 0 Å². The Hall–Kier alpha value is -11.9. The first kappa shape index (κ1) is 52.2. The number of hydrogen-bond acceptors (Lipinski definition) is 2. The van der Waals surface area contributed by atoms with Gasteiger partial charge in [0.15, 0.2) is 0 Å². The molecule has 0 saturated heterocycles. The highest BCUT2D eigenvalue weighted by molar-refractivity contribution is 7.00. The number of hydrogen-bond donors (Lipinski definition) is 0. The van der Waals surface area contributed by atoms with Gasteiger partial charge in [0.05, 0.1) is 68.0 Å². The number of benzene rings is 14. The van der Waals surface area contributed by atoms with E-state index in [2.05, 4.69) is 248 Å². The van der Waals surface area contributed by atoms with Gasteiger partial charge in [0, 0.05) is 77.6 Å². The van der Waals surface area contributed by atoms with Crippen molar-refractivity contribution in [2.45, 2.75) is 105 Å². The van der Waals surface area contributed by atoms with E-state index in [1.165, 1.54) is 11.1 Å². The molecule has 0 fully saturated rings. The summed E-state index contributed by atoms with van der Waals surface area (Å²) in [5, 5.41) is 4.20. The second kappa shape index (κ2) is 23.8. The van der Waals surface area contributed by atoms with E-state index in [0.717, 1.165) is 133 Å². The first-order valence-corrected chi connectivity index (χ1v) is 36.7. The molecule has 3 aromatic heterocycles. The molecule has 0 spiro atoms. The first-order chi connectivity index (χ1) is 56.5. The Morgan fingerprint density at radius 1 is 0.274 bits per heavy atom. The van der Waals surface area contributed by atoms with Crippen molar-refractivity contribution >= 4 is 123 Å². The number of fused-ring (bicyclic) bond motifs is 13. The molecule has 2 aliphatic heterocycles. The Kier molecular flexibility index (Phi) is 11.7. The van der Waals surface area contributed by atoms with Gasteiger partial charge in [0.2, 0.25) is 0 Å². The Labute approximate surface area is 641 Å². The summed E-state index contributed by atoms with van der Waals surface area (Å²) in [5.74, 6) is 0. The van der Waals surface area contributed by atoms with Gasteiger partial charge in [-0.3, -0.25) is 0 Å². The van der Waals surface area contributed by atoms with Crippen LogP contribution in [0.3, 0.4) is 0 Å². The van der Waals surface area contributed by atoms with Crippen LogP contribution in [0, 0.1) is 0 Å². The average molecular weight is 1380 g/mol. The predicted molar refractivity (Wildman–Crippen MR) is 455 cm³/mol. The predicted octanol–water partition coefficient (Wildman–Crippen LogP) is 25.3. The van der Waals surface area contributed by atoms with Crippen LogP contribution in [0.4, 0.5) is 34.1 Å². The Balaban J connectivity index is 0.999. The van der Waals surface area contributed by atoms with E-state index in [-0.39, 0.29) is 50.3 Å². The van der Waals surface area contributed by atoms with E-state index in [1.54, 1.807) is 4.57 Å². The van der Waals surface area contributed by atoms with E-state index in [9.17, 15) is 13.7 Å². The summed E-state index contributed by atoms with van der Waals surface area (Å²) in [6, 6.07) is 73.4. The summed E-state index contributed by atoms with van der Waals surface area (Å²) < 4.78 is 129. The normalized spacial score (nSPS) is 14.9. The number of nitrogens with zero attached hydrogens (tertiary/aromatic N) is 5. The van der Waals surface area contributed by atoms with Crippen molar-refractivity contribution < 1.29 is 17.8 Å². The molecule has 514 valence electrons. The molecule has 0 saturated carbocycles. The van der Waals surface area contributed by atoms with Crippen molar-refractivity contribution in [3.05, 3.63) is 325 Å². The van der Waals surface area contributed by atoms with Gasteiger partial charge in [-0.05, 0) is 186 Å². The molecule has 0 atom stereocenters. The van der Waals surface area contributed by atoms with Crippen LogP contribution in [0.2, 0.25) is 0 Å². The smallest absolute Gasteiger partial charge is 0.252 e. The van der Waals surface area contributed by atoms with Crippen molar-refractivity contribution in [1.82, 2.24) is 13.7 Å². The lowest BCUT2D eigenvalue weighted by molar-refractivity contribution is 0.590. The summed E-state index contributed by atoms with van der Waals surface area (Å²) in [4.78, 5) is 4.75. The molecule has 0 radical (unpaired) electrons. The molecule has 0 unspecified atom stereocenters. The SMILES string of the molecule is [2H]c1c([2H])c([2H])c(-c2ccc3c(c2)B2c4ccc(-n5c6c([2H])c([2H])c([2H])c([2H])c6c6c([2H])c([2H])c([2H])c([2H])c65)cc4N(c4c(-c5ccccc5)cc(C(C)(C)C)cc4-c4ccccc4)c4cc(C(C)(C)C)cc(c42)N3c2cccc3c4cccc(-n5c6ccc(C(C)(C)C)cc6c6cc(C(C)(C)C)ccc65)c4n(-c4ccccc4)c23)c([2H])c1[2H]. The molecule has 19 rings (SSSR count). The van der Waals surface area contributed by atoms with Gasteiger partial charge in [-0.1, -0.05) is 283 Å². The molecule has 0 N–H and O–H groups in total. The van der Waals surface area contributed by atoms with Crippen LogP contribution in [-0.4, -0.2) is 20.4 Å². The molecular weight excluding hydrogens is 1280 g/mol. The minimum Gasteiger partial charge on any atom is -0.310 e. The highest BCUT2D eigenvalue weighted by Crippen LogP contribution is 2.55. The fraction of sp³-hybridized carbons (Fsp3) is 0.160. The van der Waals surface area contributed by atoms with Gasteiger partial charge in [0.25, 0.3) is 6.71 Å². The largest absolute Gasteiger partial charge is 0.310 e. The topological polar surface area (TPSA) is 21.3 Å². The van der Waals surface area contributed by atoms with Crippen LogP contribution in [0.1, 0.15) is 123 Å². The van der Waals surface area contributed by atoms with Crippen molar-refractivity contribution in [2.24, 2.45) is 0 Å². The fourth-order valence-corrected chi connectivity index (χ4v) is 16.8. The van der Waals surface area contributed by atoms with Crippen LogP contribution in [-0.2, 0) is 21.7 Å². The van der Waals surface area contributed by atoms with E-state index in [4.69, 9.17) is 4.11 Å². The molecule has 5 nitrogen and oxygen atoms in total. The maximum atomic E-state index is 9.86. The van der Waals surface area contributed by atoms with E-state index >= 15 is 0 Å². The number of rotatable bonds is 8. The third-order valence-electron chi connectivity index (χ3n) is 22.1. The molecule has 6 heteroatoms. The summed E-state index contributed by atoms with van der Waals surface area (Å²) in [6.07, 6.45) is 0. The molecule has 17 aromatic rings. The fourth-order valence-electron chi connectivity index (χ4n) is 16.8. The zero-order chi connectivity index (χ0) is 83.8. The summed E-state index contributed by atoms with van der Waals surface area (Å²) in [5.41, 5.74) is 20.4. The monoisotopic (exact) mass is 1380 g/mol. The average Bonchev–Trinajstić information content (AvgIpc) is 1.46. The Bertz CT molecular complexity index is 7020. The molecule has 2 aliphatic rings. The van der Waals surface area contributed by atoms with Crippen LogP contribution in [0.25, 0.3) is 116 Å². The zero-order valence-electron chi connectivity index (χ0n) is 74.7. The second-order valence-electron chi connectivity index (χ2n) is 32.8. The quantitative estimate of drug-likeness (QED) is 0.141. The second-order valence-corrected chi connectivity index (χ2v) is 32.8. The lowest BCUT2D eigenvalue weighted by Crippen LogP contribution is -2.61. The van der Waals surface area contributed by atoms with Crippen LogP contribution in [0.15, 0.2) is 303 Å². The highest BCUT2D eigenvalue weighted by Gasteiger charge is 2.46. The van der Waals surface area contributed by atoms with Gasteiger partial charge in [-0.15, -0.1) is 0 Å². The molecule has 14 aromatic carbocycles. The van der Waals surface area contributed by atoms with Crippen LogP contribution in [0.5, 0.6) is 0 Å². The van der Waals surface area contributed by atoms with Crippen molar-refractivity contribution in [3.63, 3.8) is 0 Å². The van der Waals surface area contributed by atoms with Crippen LogP contribution >= 0.6 is 0 Å². The van der Waals surface area contributed by atoms with Crippen molar-refractivity contribution in [3.8, 4) is 50.4 Å².